The summed E-state index contributed by atoms with van der Waals surface area (Å²) in [6.45, 7) is 2.21. The van der Waals surface area contributed by atoms with Crippen LogP contribution in [0.25, 0.3) is 98.8 Å². The fraction of sp³-hybridized carbons (Fsp3) is 0.0612. The third-order valence-corrected chi connectivity index (χ3v) is 11.5. The summed E-state index contributed by atoms with van der Waals surface area (Å²) >= 11 is 0. The molecule has 0 bridgehead atoms. The minimum absolute atomic E-state index is 1.07. The van der Waals surface area contributed by atoms with Gasteiger partial charge in [-0.25, -0.2) is 0 Å². The van der Waals surface area contributed by atoms with E-state index >= 15 is 0 Å². The van der Waals surface area contributed by atoms with Crippen molar-refractivity contribution in [3.05, 3.63) is 169 Å². The summed E-state index contributed by atoms with van der Waals surface area (Å²) in [7, 11) is 0. The Kier molecular flexibility index (Phi) is 6.15. The number of para-hydroxylation sites is 1. The van der Waals surface area contributed by atoms with Crippen molar-refractivity contribution in [1.82, 2.24) is 9.13 Å². The Morgan fingerprint density at radius 2 is 1.31 bits per heavy atom. The quantitative estimate of drug-likeness (QED) is 0.200. The van der Waals surface area contributed by atoms with Crippen molar-refractivity contribution < 1.29 is 0 Å². The summed E-state index contributed by atoms with van der Waals surface area (Å²) in [4.78, 5) is 0. The van der Waals surface area contributed by atoms with Crippen LogP contribution in [0, 0.1) is 0 Å². The zero-order valence-corrected chi connectivity index (χ0v) is 28.9. The number of hydrogen-bond acceptors (Lipinski definition) is 1. The average molecular weight is 666 g/mol. The van der Waals surface area contributed by atoms with Crippen LogP contribution < -0.4 is 5.73 Å². The van der Waals surface area contributed by atoms with E-state index in [-0.39, 0.29) is 0 Å². The summed E-state index contributed by atoms with van der Waals surface area (Å²) in [6, 6.07) is 47.6. The third kappa shape index (κ3) is 4.02. The fourth-order valence-corrected chi connectivity index (χ4v) is 9.15. The molecule has 9 aromatic rings. The van der Waals surface area contributed by atoms with Crippen LogP contribution in [0.2, 0.25) is 0 Å². The Bertz CT molecular complexity index is 3140. The largest absolute Gasteiger partial charge is 0.405 e. The van der Waals surface area contributed by atoms with E-state index in [2.05, 4.69) is 168 Å². The molecular formula is C49H35N3. The smallest absolute Gasteiger partial charge is 0.0619 e. The molecule has 0 saturated carbocycles. The normalized spacial score (nSPS) is 14.4. The van der Waals surface area contributed by atoms with Crippen LogP contribution in [-0.2, 0) is 0 Å². The van der Waals surface area contributed by atoms with Crippen LogP contribution in [0.3, 0.4) is 0 Å². The lowest BCUT2D eigenvalue weighted by Gasteiger charge is -2.14. The number of benzene rings is 7. The molecule has 7 aromatic carbocycles. The second-order valence-corrected chi connectivity index (χ2v) is 14.2. The molecule has 0 saturated heterocycles. The molecular weight excluding hydrogens is 631 g/mol. The van der Waals surface area contributed by atoms with Crippen LogP contribution >= 0.6 is 0 Å². The van der Waals surface area contributed by atoms with Gasteiger partial charge in [0.05, 0.1) is 22.1 Å². The lowest BCUT2D eigenvalue weighted by molar-refractivity contribution is 1.02. The predicted octanol–water partition coefficient (Wildman–Crippen LogP) is 12.8. The molecule has 0 spiro atoms. The predicted molar refractivity (Wildman–Crippen MR) is 223 cm³/mol. The molecule has 3 heteroatoms. The van der Waals surface area contributed by atoms with Crippen molar-refractivity contribution in [3.8, 4) is 16.8 Å². The van der Waals surface area contributed by atoms with Gasteiger partial charge in [0.25, 0.3) is 0 Å². The van der Waals surface area contributed by atoms with E-state index in [1.54, 1.807) is 6.20 Å². The third-order valence-electron chi connectivity index (χ3n) is 11.5. The number of allylic oxidation sites excluding steroid dienone is 7. The minimum Gasteiger partial charge on any atom is -0.405 e. The van der Waals surface area contributed by atoms with Crippen LogP contribution in [0.15, 0.2) is 158 Å². The van der Waals surface area contributed by atoms with Gasteiger partial charge in [-0.05, 0) is 130 Å². The van der Waals surface area contributed by atoms with Gasteiger partial charge < -0.3 is 14.9 Å². The zero-order chi connectivity index (χ0) is 34.5. The molecule has 0 amide bonds. The van der Waals surface area contributed by atoms with Crippen LogP contribution in [0.5, 0.6) is 0 Å². The average Bonchev–Trinajstić information content (AvgIpc) is 3.81. The maximum absolute atomic E-state index is 6.01. The van der Waals surface area contributed by atoms with E-state index in [9.17, 15) is 0 Å². The SMILES string of the molecule is CC1=C(/C=C\N)c2cc(-n3c4ccc(-c5ccc6c(c5)c5ccccc5n6C5=CCCC=C5)cc4c4ccc5ccccc5c43)cc3cccc1c23. The molecule has 2 N–H and O–H groups in total. The van der Waals surface area contributed by atoms with Gasteiger partial charge in [-0.15, -0.1) is 0 Å². The van der Waals surface area contributed by atoms with Gasteiger partial charge in [0.2, 0.25) is 0 Å². The Balaban J connectivity index is 1.17. The Labute approximate surface area is 301 Å². The second-order valence-electron chi connectivity index (χ2n) is 14.2. The standard InChI is InChI=1S/C49H35N3/c1-30-37(24-25-50)44-29-36(26-34-11-9-16-38(30)48(34)44)52-47-23-20-33(28-43(47)41-21-18-31-10-5-6-14-39(31)49(41)52)32-19-22-46-42(27-32)40-15-7-8-17-45(40)51(46)35-12-3-2-4-13-35/h3,5-29H,2,4,50H2,1H3/b25-24-. The van der Waals surface area contributed by atoms with Gasteiger partial charge in [-0.2, -0.15) is 0 Å². The van der Waals surface area contributed by atoms with Crippen molar-refractivity contribution in [2.24, 2.45) is 5.73 Å². The van der Waals surface area contributed by atoms with Gasteiger partial charge in [0, 0.05) is 38.3 Å². The highest BCUT2D eigenvalue weighted by molar-refractivity contribution is 6.21. The number of aromatic nitrogens is 2. The first-order chi connectivity index (χ1) is 25.7. The maximum Gasteiger partial charge on any atom is 0.0619 e. The Morgan fingerprint density at radius 3 is 2.12 bits per heavy atom. The first kappa shape index (κ1) is 29.2. The lowest BCUT2D eigenvalue weighted by Crippen LogP contribution is -1.97. The van der Waals surface area contributed by atoms with Crippen LogP contribution in [-0.4, -0.2) is 9.13 Å². The number of nitrogens with zero attached hydrogens (tertiary/aromatic N) is 2. The van der Waals surface area contributed by atoms with E-state index in [1.807, 2.05) is 0 Å². The highest BCUT2D eigenvalue weighted by Gasteiger charge is 2.23. The molecule has 3 nitrogen and oxygen atoms in total. The van der Waals surface area contributed by atoms with Crippen molar-refractivity contribution in [1.29, 1.82) is 0 Å². The van der Waals surface area contributed by atoms with Crippen molar-refractivity contribution in [2.45, 2.75) is 19.8 Å². The van der Waals surface area contributed by atoms with E-state index in [0.29, 0.717) is 0 Å². The van der Waals surface area contributed by atoms with Crippen LogP contribution in [0.1, 0.15) is 30.9 Å². The van der Waals surface area contributed by atoms with Gasteiger partial charge in [-0.3, -0.25) is 0 Å². The summed E-state index contributed by atoms with van der Waals surface area (Å²) in [5.74, 6) is 0. The molecule has 0 unspecified atom stereocenters. The van der Waals surface area contributed by atoms with E-state index in [4.69, 9.17) is 5.73 Å². The monoisotopic (exact) mass is 665 g/mol. The van der Waals surface area contributed by atoms with E-state index < -0.39 is 0 Å². The molecule has 0 atom stereocenters. The van der Waals surface area contributed by atoms with Gasteiger partial charge in [0.15, 0.2) is 0 Å². The first-order valence-corrected chi connectivity index (χ1v) is 18.2. The number of nitrogens with two attached hydrogens (primary N) is 1. The number of rotatable bonds is 4. The Morgan fingerprint density at radius 1 is 0.577 bits per heavy atom. The molecule has 0 radical (unpaired) electrons. The van der Waals surface area contributed by atoms with Crippen molar-refractivity contribution in [2.75, 3.05) is 0 Å². The fourth-order valence-electron chi connectivity index (χ4n) is 9.15. The lowest BCUT2D eigenvalue weighted by atomic mass is 10.00. The summed E-state index contributed by atoms with van der Waals surface area (Å²) in [5.41, 5.74) is 20.8. The molecule has 2 aliphatic rings. The topological polar surface area (TPSA) is 35.9 Å². The van der Waals surface area contributed by atoms with Crippen LogP contribution in [0.4, 0.5) is 0 Å². The minimum atomic E-state index is 1.07. The summed E-state index contributed by atoms with van der Waals surface area (Å²) < 4.78 is 4.91. The molecule has 52 heavy (non-hydrogen) atoms. The Hall–Kier alpha value is -6.58. The first-order valence-electron chi connectivity index (χ1n) is 18.2. The number of fused-ring (bicyclic) bond motifs is 8. The van der Waals surface area contributed by atoms with E-state index in [0.717, 1.165) is 18.5 Å². The van der Waals surface area contributed by atoms with Crippen molar-refractivity contribution >= 4 is 82.0 Å². The molecule has 2 heterocycles. The summed E-state index contributed by atoms with van der Waals surface area (Å²) in [5, 5.41) is 10.1. The second kappa shape index (κ2) is 11.0. The van der Waals surface area contributed by atoms with Crippen molar-refractivity contribution in [3.63, 3.8) is 0 Å². The molecule has 0 aliphatic heterocycles. The molecule has 0 fully saturated rings. The molecule has 246 valence electrons. The zero-order valence-electron chi connectivity index (χ0n) is 28.9. The molecule has 2 aliphatic carbocycles. The summed E-state index contributed by atoms with van der Waals surface area (Å²) in [6.07, 6.45) is 12.8. The van der Waals surface area contributed by atoms with Gasteiger partial charge in [0.1, 0.15) is 0 Å². The number of hydrogen-bond donors (Lipinski definition) is 1. The highest BCUT2D eigenvalue weighted by atomic mass is 15.0. The molecule has 2 aromatic heterocycles. The van der Waals surface area contributed by atoms with E-state index in [1.165, 1.54) is 104 Å². The van der Waals surface area contributed by atoms with Gasteiger partial charge in [-0.1, -0.05) is 97.1 Å². The maximum atomic E-state index is 6.01. The van der Waals surface area contributed by atoms with Gasteiger partial charge >= 0.3 is 0 Å². The highest BCUT2D eigenvalue weighted by Crippen LogP contribution is 2.46. The molecule has 11 rings (SSSR count).